The lowest BCUT2D eigenvalue weighted by atomic mass is 9.99. The van der Waals surface area contributed by atoms with E-state index in [0.29, 0.717) is 0 Å². The SMILES string of the molecule is C(=CC1=CCCCC1)CCCc1ccccc1. The molecule has 0 saturated heterocycles. The van der Waals surface area contributed by atoms with Crippen molar-refractivity contribution in [2.24, 2.45) is 0 Å². The minimum Gasteiger partial charge on any atom is -0.0843 e. The van der Waals surface area contributed by atoms with Gasteiger partial charge in [0.2, 0.25) is 0 Å². The lowest BCUT2D eigenvalue weighted by Gasteiger charge is -2.07. The Kier molecular flexibility index (Phi) is 5.09. The van der Waals surface area contributed by atoms with Gasteiger partial charge in [0.25, 0.3) is 0 Å². The molecule has 0 amide bonds. The van der Waals surface area contributed by atoms with Gasteiger partial charge in [-0.15, -0.1) is 0 Å². The Balaban J connectivity index is 1.66. The summed E-state index contributed by atoms with van der Waals surface area (Å²) in [5.74, 6) is 0. The van der Waals surface area contributed by atoms with Crippen molar-refractivity contribution in [3.63, 3.8) is 0 Å². The number of aryl methyl sites for hydroxylation is 1. The number of hydrogen-bond acceptors (Lipinski definition) is 0. The summed E-state index contributed by atoms with van der Waals surface area (Å²) in [5.41, 5.74) is 3.01. The molecule has 0 heterocycles. The van der Waals surface area contributed by atoms with Gasteiger partial charge in [-0.05, 0) is 50.5 Å². The van der Waals surface area contributed by atoms with Crippen LogP contribution in [0.2, 0.25) is 0 Å². The van der Waals surface area contributed by atoms with Crippen LogP contribution in [0.3, 0.4) is 0 Å². The summed E-state index contributed by atoms with van der Waals surface area (Å²) in [6.45, 7) is 0. The van der Waals surface area contributed by atoms with Gasteiger partial charge in [-0.25, -0.2) is 0 Å². The zero-order chi connectivity index (χ0) is 11.8. The number of rotatable bonds is 5. The maximum absolute atomic E-state index is 2.40. The van der Waals surface area contributed by atoms with Gasteiger partial charge in [0.15, 0.2) is 0 Å². The second-order valence-electron chi connectivity index (χ2n) is 4.81. The molecule has 0 aliphatic heterocycles. The normalized spacial score (nSPS) is 16.1. The predicted molar refractivity (Wildman–Crippen MR) is 75.1 cm³/mol. The quantitative estimate of drug-likeness (QED) is 0.615. The second-order valence-corrected chi connectivity index (χ2v) is 4.81. The van der Waals surface area contributed by atoms with Crippen molar-refractivity contribution in [1.82, 2.24) is 0 Å². The largest absolute Gasteiger partial charge is 0.0843 e. The molecule has 90 valence electrons. The molecule has 0 radical (unpaired) electrons. The molecule has 17 heavy (non-hydrogen) atoms. The average molecular weight is 226 g/mol. The van der Waals surface area contributed by atoms with Crippen molar-refractivity contribution in [3.8, 4) is 0 Å². The molecule has 1 aromatic carbocycles. The van der Waals surface area contributed by atoms with Gasteiger partial charge in [-0.2, -0.15) is 0 Å². The number of hydrogen-bond donors (Lipinski definition) is 0. The lowest BCUT2D eigenvalue weighted by molar-refractivity contribution is 0.711. The standard InChI is InChI=1S/C17H22/c1-4-10-16(11-5-1)14-8-3-9-15-17-12-6-2-7-13-17/h1,4-5,9-12,15H,2-3,6-8,13-14H2. The Morgan fingerprint density at radius 3 is 2.71 bits per heavy atom. The van der Waals surface area contributed by atoms with Crippen LogP contribution in [0.25, 0.3) is 0 Å². The molecule has 0 fully saturated rings. The summed E-state index contributed by atoms with van der Waals surface area (Å²) in [5, 5.41) is 0. The Bertz CT molecular complexity index is 370. The summed E-state index contributed by atoms with van der Waals surface area (Å²) in [4.78, 5) is 0. The molecule has 0 nitrogen and oxygen atoms in total. The van der Waals surface area contributed by atoms with E-state index in [2.05, 4.69) is 48.6 Å². The fourth-order valence-electron chi connectivity index (χ4n) is 2.32. The van der Waals surface area contributed by atoms with Crippen molar-refractivity contribution in [2.45, 2.75) is 44.9 Å². The van der Waals surface area contributed by atoms with Crippen molar-refractivity contribution in [2.75, 3.05) is 0 Å². The van der Waals surface area contributed by atoms with E-state index in [1.165, 1.54) is 50.5 Å². The predicted octanol–water partition coefficient (Wildman–Crippen LogP) is 5.07. The molecular weight excluding hydrogens is 204 g/mol. The summed E-state index contributed by atoms with van der Waals surface area (Å²) in [6, 6.07) is 10.8. The highest BCUT2D eigenvalue weighted by Crippen LogP contribution is 2.18. The van der Waals surface area contributed by atoms with Crippen LogP contribution in [-0.4, -0.2) is 0 Å². The molecule has 0 unspecified atom stereocenters. The first kappa shape index (κ1) is 12.2. The topological polar surface area (TPSA) is 0 Å². The molecule has 0 saturated carbocycles. The van der Waals surface area contributed by atoms with Crippen LogP contribution in [0.15, 0.2) is 54.1 Å². The number of benzene rings is 1. The van der Waals surface area contributed by atoms with Crippen molar-refractivity contribution < 1.29 is 0 Å². The second kappa shape index (κ2) is 7.11. The van der Waals surface area contributed by atoms with E-state index >= 15 is 0 Å². The summed E-state index contributed by atoms with van der Waals surface area (Å²) >= 11 is 0. The smallest absolute Gasteiger partial charge is 0.0276 e. The van der Waals surface area contributed by atoms with E-state index in [-0.39, 0.29) is 0 Å². The Labute approximate surface area is 105 Å². The molecule has 0 N–H and O–H groups in total. The summed E-state index contributed by atoms with van der Waals surface area (Å²) in [6.07, 6.45) is 16.1. The summed E-state index contributed by atoms with van der Waals surface area (Å²) in [7, 11) is 0. The molecule has 1 aliphatic carbocycles. The third-order valence-electron chi connectivity index (χ3n) is 3.34. The van der Waals surface area contributed by atoms with E-state index in [1.54, 1.807) is 5.57 Å². The van der Waals surface area contributed by atoms with Gasteiger partial charge in [0.05, 0.1) is 0 Å². The first-order valence-corrected chi connectivity index (χ1v) is 6.84. The number of allylic oxidation sites excluding steroid dienone is 4. The maximum Gasteiger partial charge on any atom is -0.0276 e. The molecule has 1 aliphatic rings. The van der Waals surface area contributed by atoms with Gasteiger partial charge in [-0.3, -0.25) is 0 Å². The zero-order valence-electron chi connectivity index (χ0n) is 10.6. The van der Waals surface area contributed by atoms with Gasteiger partial charge in [0.1, 0.15) is 0 Å². The van der Waals surface area contributed by atoms with Crippen LogP contribution in [-0.2, 0) is 6.42 Å². The monoisotopic (exact) mass is 226 g/mol. The van der Waals surface area contributed by atoms with E-state index in [9.17, 15) is 0 Å². The van der Waals surface area contributed by atoms with Crippen molar-refractivity contribution in [3.05, 3.63) is 59.7 Å². The van der Waals surface area contributed by atoms with Gasteiger partial charge in [-0.1, -0.05) is 54.1 Å². The van der Waals surface area contributed by atoms with E-state index in [4.69, 9.17) is 0 Å². The molecular formula is C17H22. The van der Waals surface area contributed by atoms with Crippen molar-refractivity contribution >= 4 is 0 Å². The fourth-order valence-corrected chi connectivity index (χ4v) is 2.32. The molecule has 2 rings (SSSR count). The average Bonchev–Trinajstić information content (AvgIpc) is 2.41. The molecule has 0 atom stereocenters. The van der Waals surface area contributed by atoms with Crippen LogP contribution >= 0.6 is 0 Å². The van der Waals surface area contributed by atoms with Crippen LogP contribution in [0.1, 0.15) is 44.1 Å². The fraction of sp³-hybridized carbons (Fsp3) is 0.412. The van der Waals surface area contributed by atoms with Crippen molar-refractivity contribution in [1.29, 1.82) is 0 Å². The molecule has 0 spiro atoms. The third-order valence-corrected chi connectivity index (χ3v) is 3.34. The van der Waals surface area contributed by atoms with Gasteiger partial charge >= 0.3 is 0 Å². The number of unbranched alkanes of at least 4 members (excludes halogenated alkanes) is 1. The molecule has 0 bridgehead atoms. The minimum absolute atomic E-state index is 1.20. The highest BCUT2D eigenvalue weighted by Gasteiger charge is 1.98. The Morgan fingerprint density at radius 2 is 1.94 bits per heavy atom. The minimum atomic E-state index is 1.20. The Hall–Kier alpha value is -1.30. The first-order chi connectivity index (χ1) is 8.45. The van der Waals surface area contributed by atoms with Crippen LogP contribution in [0, 0.1) is 0 Å². The highest BCUT2D eigenvalue weighted by molar-refractivity contribution is 5.20. The molecule has 0 aromatic heterocycles. The lowest BCUT2D eigenvalue weighted by Crippen LogP contribution is -1.88. The van der Waals surface area contributed by atoms with E-state index in [0.717, 1.165) is 0 Å². The summed E-state index contributed by atoms with van der Waals surface area (Å²) < 4.78 is 0. The molecule has 0 heteroatoms. The van der Waals surface area contributed by atoms with E-state index in [1.807, 2.05) is 0 Å². The van der Waals surface area contributed by atoms with Crippen LogP contribution < -0.4 is 0 Å². The Morgan fingerprint density at radius 1 is 1.06 bits per heavy atom. The third kappa shape index (κ3) is 4.60. The van der Waals surface area contributed by atoms with E-state index < -0.39 is 0 Å². The van der Waals surface area contributed by atoms with Gasteiger partial charge < -0.3 is 0 Å². The first-order valence-electron chi connectivity index (χ1n) is 6.84. The molecule has 1 aromatic rings. The van der Waals surface area contributed by atoms with Gasteiger partial charge in [0, 0.05) is 0 Å². The zero-order valence-corrected chi connectivity index (χ0v) is 10.6. The maximum atomic E-state index is 2.40. The van der Waals surface area contributed by atoms with Crippen LogP contribution in [0.5, 0.6) is 0 Å². The highest BCUT2D eigenvalue weighted by atomic mass is 14.0. The van der Waals surface area contributed by atoms with Crippen LogP contribution in [0.4, 0.5) is 0 Å².